The molecule has 1 aromatic carbocycles. The van der Waals surface area contributed by atoms with Gasteiger partial charge in [-0.3, -0.25) is 9.78 Å². The summed E-state index contributed by atoms with van der Waals surface area (Å²) in [5.74, 6) is -0.167. The zero-order chi connectivity index (χ0) is 13.0. The largest absolute Gasteiger partial charge is 0.386 e. The van der Waals surface area contributed by atoms with E-state index >= 15 is 0 Å². The Kier molecular flexibility index (Phi) is 3.94. The summed E-state index contributed by atoms with van der Waals surface area (Å²) in [5.41, 5.74) is 2.01. The van der Waals surface area contributed by atoms with Crippen molar-refractivity contribution in [3.8, 4) is 0 Å². The molecule has 2 N–H and O–H groups in total. The van der Waals surface area contributed by atoms with Gasteiger partial charge in [0.15, 0.2) is 0 Å². The normalized spacial score (nSPS) is 9.89. The lowest BCUT2D eigenvalue weighted by Gasteiger charge is -2.09. The van der Waals surface area contributed by atoms with Crippen molar-refractivity contribution in [3.05, 3.63) is 52.8 Å². The van der Waals surface area contributed by atoms with E-state index in [-0.39, 0.29) is 5.91 Å². The lowest BCUT2D eigenvalue weighted by Crippen LogP contribution is -2.14. The van der Waals surface area contributed by atoms with Crippen molar-refractivity contribution in [2.24, 2.45) is 0 Å². The molecule has 0 saturated carbocycles. The number of nitrogens with zero attached hydrogens (tertiary/aromatic N) is 1. The summed E-state index contributed by atoms with van der Waals surface area (Å²) in [6.45, 7) is 0. The van der Waals surface area contributed by atoms with Crippen LogP contribution in [0.1, 0.15) is 10.4 Å². The van der Waals surface area contributed by atoms with Crippen LogP contribution in [0.5, 0.6) is 0 Å². The highest BCUT2D eigenvalue weighted by Gasteiger charge is 2.10. The number of pyridine rings is 1. The molecule has 1 amide bonds. The second kappa shape index (κ2) is 5.64. The predicted molar refractivity (Wildman–Crippen MR) is 75.9 cm³/mol. The molecule has 1 heterocycles. The Morgan fingerprint density at radius 1 is 1.33 bits per heavy atom. The van der Waals surface area contributed by atoms with Crippen molar-refractivity contribution in [1.82, 2.24) is 4.98 Å². The highest BCUT2D eigenvalue weighted by Crippen LogP contribution is 2.18. The maximum atomic E-state index is 12.1. The minimum atomic E-state index is -0.167. The molecule has 0 unspecified atom stereocenters. The van der Waals surface area contributed by atoms with E-state index in [1.807, 2.05) is 24.3 Å². The smallest absolute Gasteiger partial charge is 0.257 e. The SMILES string of the molecule is CNc1cnccc1C(=O)Nc1cccc(Br)c1. The predicted octanol–water partition coefficient (Wildman–Crippen LogP) is 3.14. The van der Waals surface area contributed by atoms with Gasteiger partial charge < -0.3 is 10.6 Å². The summed E-state index contributed by atoms with van der Waals surface area (Å²) in [6, 6.07) is 9.13. The Labute approximate surface area is 114 Å². The molecule has 0 bridgehead atoms. The molecular weight excluding hydrogens is 294 g/mol. The van der Waals surface area contributed by atoms with E-state index in [0.29, 0.717) is 11.3 Å². The Balaban J connectivity index is 2.22. The minimum absolute atomic E-state index is 0.167. The van der Waals surface area contributed by atoms with Gasteiger partial charge in [-0.05, 0) is 24.3 Å². The Morgan fingerprint density at radius 3 is 2.89 bits per heavy atom. The molecule has 1 aromatic heterocycles. The number of hydrogen-bond donors (Lipinski definition) is 2. The van der Waals surface area contributed by atoms with E-state index in [1.165, 1.54) is 0 Å². The number of hydrogen-bond acceptors (Lipinski definition) is 3. The maximum Gasteiger partial charge on any atom is 0.257 e. The van der Waals surface area contributed by atoms with Crippen LogP contribution in [0.15, 0.2) is 47.2 Å². The molecular formula is C13H12BrN3O. The molecule has 0 radical (unpaired) electrons. The molecule has 0 aliphatic carbocycles. The summed E-state index contributed by atoms with van der Waals surface area (Å²) in [7, 11) is 1.76. The van der Waals surface area contributed by atoms with Gasteiger partial charge >= 0.3 is 0 Å². The van der Waals surface area contributed by atoms with Crippen molar-refractivity contribution in [2.75, 3.05) is 17.7 Å². The Morgan fingerprint density at radius 2 is 2.17 bits per heavy atom. The van der Waals surface area contributed by atoms with Gasteiger partial charge in [0.1, 0.15) is 0 Å². The molecule has 0 aliphatic heterocycles. The zero-order valence-corrected chi connectivity index (χ0v) is 11.4. The van der Waals surface area contributed by atoms with Crippen LogP contribution < -0.4 is 10.6 Å². The van der Waals surface area contributed by atoms with Gasteiger partial charge in [0.2, 0.25) is 0 Å². The fourth-order valence-electron chi connectivity index (χ4n) is 1.56. The van der Waals surface area contributed by atoms with Gasteiger partial charge in [-0.25, -0.2) is 0 Å². The van der Waals surface area contributed by atoms with Gasteiger partial charge in [-0.2, -0.15) is 0 Å². The first-order valence-corrected chi connectivity index (χ1v) is 6.18. The van der Waals surface area contributed by atoms with E-state index in [1.54, 1.807) is 25.5 Å². The number of nitrogens with one attached hydrogen (secondary N) is 2. The topological polar surface area (TPSA) is 54.0 Å². The third-order valence-electron chi connectivity index (χ3n) is 2.42. The second-order valence-electron chi connectivity index (χ2n) is 3.64. The van der Waals surface area contributed by atoms with Crippen LogP contribution in [-0.4, -0.2) is 17.9 Å². The molecule has 4 nitrogen and oxygen atoms in total. The number of benzene rings is 1. The van der Waals surface area contributed by atoms with Crippen molar-refractivity contribution < 1.29 is 4.79 Å². The molecule has 2 aromatic rings. The number of rotatable bonds is 3. The third kappa shape index (κ3) is 2.87. The fourth-order valence-corrected chi connectivity index (χ4v) is 1.96. The Hall–Kier alpha value is -1.88. The molecule has 0 aliphatic rings. The average Bonchev–Trinajstić information content (AvgIpc) is 2.38. The zero-order valence-electron chi connectivity index (χ0n) is 9.77. The molecule has 92 valence electrons. The lowest BCUT2D eigenvalue weighted by atomic mass is 10.2. The summed E-state index contributed by atoms with van der Waals surface area (Å²) in [5, 5.41) is 5.78. The van der Waals surface area contributed by atoms with Crippen molar-refractivity contribution in [3.63, 3.8) is 0 Å². The first-order chi connectivity index (χ1) is 8.70. The van der Waals surface area contributed by atoms with Crippen LogP contribution in [0.4, 0.5) is 11.4 Å². The number of amides is 1. The molecule has 0 atom stereocenters. The molecule has 5 heteroatoms. The summed E-state index contributed by atoms with van der Waals surface area (Å²) in [6.07, 6.45) is 3.21. The molecule has 0 fully saturated rings. The number of carbonyl (C=O) groups is 1. The minimum Gasteiger partial charge on any atom is -0.386 e. The van der Waals surface area contributed by atoms with Crippen LogP contribution in [0.3, 0.4) is 0 Å². The monoisotopic (exact) mass is 305 g/mol. The van der Waals surface area contributed by atoms with Crippen LogP contribution in [0.25, 0.3) is 0 Å². The van der Waals surface area contributed by atoms with Crippen LogP contribution in [0.2, 0.25) is 0 Å². The van der Waals surface area contributed by atoms with Gasteiger partial charge in [0.25, 0.3) is 5.91 Å². The van der Waals surface area contributed by atoms with Gasteiger partial charge in [0.05, 0.1) is 17.4 Å². The second-order valence-corrected chi connectivity index (χ2v) is 4.55. The molecule has 0 saturated heterocycles. The van der Waals surface area contributed by atoms with Crippen molar-refractivity contribution in [2.45, 2.75) is 0 Å². The lowest BCUT2D eigenvalue weighted by molar-refractivity contribution is 0.102. The number of aromatic nitrogens is 1. The van der Waals surface area contributed by atoms with E-state index in [4.69, 9.17) is 0 Å². The maximum absolute atomic E-state index is 12.1. The van der Waals surface area contributed by atoms with Gasteiger partial charge in [0, 0.05) is 23.4 Å². The highest BCUT2D eigenvalue weighted by atomic mass is 79.9. The number of halogens is 1. The van der Waals surface area contributed by atoms with E-state index in [9.17, 15) is 4.79 Å². The number of anilines is 2. The Bertz CT molecular complexity index is 572. The summed E-state index contributed by atoms with van der Waals surface area (Å²) >= 11 is 3.36. The standard InChI is InChI=1S/C13H12BrN3O/c1-15-12-8-16-6-5-11(12)13(18)17-10-4-2-3-9(14)7-10/h2-8,15H,1H3,(H,17,18). The number of carbonyl (C=O) groups excluding carboxylic acids is 1. The first-order valence-electron chi connectivity index (χ1n) is 5.39. The first kappa shape index (κ1) is 12.6. The van der Waals surface area contributed by atoms with Gasteiger partial charge in [-0.15, -0.1) is 0 Å². The summed E-state index contributed by atoms with van der Waals surface area (Å²) in [4.78, 5) is 16.1. The summed E-state index contributed by atoms with van der Waals surface area (Å²) < 4.78 is 0.920. The van der Waals surface area contributed by atoms with Crippen LogP contribution in [0, 0.1) is 0 Å². The molecule has 2 rings (SSSR count). The molecule has 0 spiro atoms. The van der Waals surface area contributed by atoms with E-state index in [0.717, 1.165) is 10.2 Å². The quantitative estimate of drug-likeness (QED) is 0.916. The van der Waals surface area contributed by atoms with E-state index < -0.39 is 0 Å². The average molecular weight is 306 g/mol. The highest BCUT2D eigenvalue weighted by molar-refractivity contribution is 9.10. The molecule has 18 heavy (non-hydrogen) atoms. The van der Waals surface area contributed by atoms with Crippen LogP contribution in [-0.2, 0) is 0 Å². The fraction of sp³-hybridized carbons (Fsp3) is 0.0769. The van der Waals surface area contributed by atoms with E-state index in [2.05, 4.69) is 31.5 Å². The third-order valence-corrected chi connectivity index (χ3v) is 2.91. The van der Waals surface area contributed by atoms with Crippen molar-refractivity contribution >= 4 is 33.2 Å². The van der Waals surface area contributed by atoms with Crippen molar-refractivity contribution in [1.29, 1.82) is 0 Å². The van der Waals surface area contributed by atoms with Crippen LogP contribution >= 0.6 is 15.9 Å². The van der Waals surface area contributed by atoms with Gasteiger partial charge in [-0.1, -0.05) is 22.0 Å².